The summed E-state index contributed by atoms with van der Waals surface area (Å²) in [5, 5.41) is 87.7. The molecule has 0 spiro atoms. The number of hydrogen-bond acceptors (Lipinski definition) is 13. The number of amides is 1. The molecule has 14 nitrogen and oxygen atoms in total. The Balaban J connectivity index is 1.60. The van der Waals surface area contributed by atoms with E-state index < -0.39 is 86.8 Å². The lowest BCUT2D eigenvalue weighted by Gasteiger charge is -2.46. The summed E-state index contributed by atoms with van der Waals surface area (Å²) >= 11 is 0. The average Bonchev–Trinajstić information content (AvgIpc) is 0.865. The molecule has 552 valence electrons. The molecule has 9 N–H and O–H groups in total. The van der Waals surface area contributed by atoms with Crippen molar-refractivity contribution in [1.82, 2.24) is 5.32 Å². The van der Waals surface area contributed by atoms with Gasteiger partial charge in [-0.15, -0.1) is 0 Å². The van der Waals surface area contributed by atoms with Crippen LogP contribution in [0.4, 0.5) is 0 Å². The summed E-state index contributed by atoms with van der Waals surface area (Å²) in [6.07, 6.45) is 64.4. The van der Waals surface area contributed by atoms with Gasteiger partial charge < -0.3 is 65.1 Å². The molecular formula is C79H153NO13. The molecule has 2 fully saturated rings. The fraction of sp³-hybridized carbons (Fsp3) is 0.962. The van der Waals surface area contributed by atoms with Crippen LogP contribution in [-0.4, -0.2) is 140 Å². The lowest BCUT2D eigenvalue weighted by molar-refractivity contribution is -0.359. The third kappa shape index (κ3) is 47.4. The van der Waals surface area contributed by atoms with Crippen molar-refractivity contribution in [2.24, 2.45) is 0 Å². The van der Waals surface area contributed by atoms with E-state index in [9.17, 15) is 45.6 Å². The van der Waals surface area contributed by atoms with Gasteiger partial charge in [-0.05, 0) is 19.3 Å². The molecule has 2 aliphatic rings. The number of aliphatic hydroxyl groups is 8. The van der Waals surface area contributed by atoms with Crippen LogP contribution in [0, 0.1) is 0 Å². The Morgan fingerprint density at radius 3 is 0.989 bits per heavy atom. The maximum Gasteiger partial charge on any atom is 0.220 e. The zero-order valence-electron chi connectivity index (χ0n) is 60.5. The second-order valence-corrected chi connectivity index (χ2v) is 28.9. The van der Waals surface area contributed by atoms with Gasteiger partial charge in [0.25, 0.3) is 0 Å². The zero-order chi connectivity index (χ0) is 67.3. The van der Waals surface area contributed by atoms with E-state index in [2.05, 4.69) is 19.2 Å². The third-order valence-electron chi connectivity index (χ3n) is 20.2. The smallest absolute Gasteiger partial charge is 0.220 e. The fourth-order valence-corrected chi connectivity index (χ4v) is 13.8. The van der Waals surface area contributed by atoms with Gasteiger partial charge in [-0.1, -0.05) is 379 Å². The van der Waals surface area contributed by atoms with Gasteiger partial charge in [0.2, 0.25) is 5.91 Å². The lowest BCUT2D eigenvalue weighted by Crippen LogP contribution is -2.65. The van der Waals surface area contributed by atoms with Crippen molar-refractivity contribution < 1.29 is 64.6 Å². The van der Waals surface area contributed by atoms with Crippen LogP contribution in [0.1, 0.15) is 393 Å². The molecule has 0 aromatic rings. The Morgan fingerprint density at radius 1 is 0.376 bits per heavy atom. The van der Waals surface area contributed by atoms with Crippen LogP contribution in [0.25, 0.3) is 0 Å². The number of allylic oxidation sites excluding steroid dienone is 1. The van der Waals surface area contributed by atoms with E-state index in [0.717, 1.165) is 44.9 Å². The van der Waals surface area contributed by atoms with Gasteiger partial charge in [0.1, 0.15) is 48.8 Å². The summed E-state index contributed by atoms with van der Waals surface area (Å²) in [5.74, 6) is -0.229. The second kappa shape index (κ2) is 64.1. The first-order chi connectivity index (χ1) is 45.6. The molecule has 1 amide bonds. The molecule has 2 heterocycles. The fourth-order valence-electron chi connectivity index (χ4n) is 13.8. The molecule has 0 radical (unpaired) electrons. The van der Waals surface area contributed by atoms with E-state index in [1.165, 1.54) is 327 Å². The highest BCUT2D eigenvalue weighted by molar-refractivity contribution is 5.76. The summed E-state index contributed by atoms with van der Waals surface area (Å²) in [6.45, 7) is 2.88. The summed E-state index contributed by atoms with van der Waals surface area (Å²) in [7, 11) is 0. The van der Waals surface area contributed by atoms with Gasteiger partial charge in [0.15, 0.2) is 12.6 Å². The van der Waals surface area contributed by atoms with Crippen LogP contribution in [0.3, 0.4) is 0 Å². The second-order valence-electron chi connectivity index (χ2n) is 28.9. The molecular weight excluding hydrogens is 1170 g/mol. The highest BCUT2D eigenvalue weighted by atomic mass is 16.7. The first kappa shape index (κ1) is 87.8. The molecule has 93 heavy (non-hydrogen) atoms. The predicted molar refractivity (Wildman–Crippen MR) is 383 cm³/mol. The first-order valence-corrected chi connectivity index (χ1v) is 40.4. The van der Waals surface area contributed by atoms with Gasteiger partial charge in [-0.3, -0.25) is 4.79 Å². The van der Waals surface area contributed by atoms with E-state index in [1.807, 2.05) is 6.08 Å². The number of ether oxygens (including phenoxy) is 4. The van der Waals surface area contributed by atoms with Crippen LogP contribution in [0.15, 0.2) is 12.2 Å². The summed E-state index contributed by atoms with van der Waals surface area (Å²) in [4.78, 5) is 13.4. The third-order valence-corrected chi connectivity index (χ3v) is 20.2. The summed E-state index contributed by atoms with van der Waals surface area (Å²) in [6, 6.07) is -0.912. The Labute approximate surface area is 571 Å². The van der Waals surface area contributed by atoms with Crippen molar-refractivity contribution in [3.05, 3.63) is 12.2 Å². The average molecular weight is 1330 g/mol. The van der Waals surface area contributed by atoms with E-state index in [1.54, 1.807) is 6.08 Å². The van der Waals surface area contributed by atoms with Crippen molar-refractivity contribution in [3.63, 3.8) is 0 Å². The van der Waals surface area contributed by atoms with Crippen molar-refractivity contribution >= 4 is 5.91 Å². The Hall–Kier alpha value is -1.27. The summed E-state index contributed by atoms with van der Waals surface area (Å²) in [5.41, 5.74) is 0. The minimum atomic E-state index is -1.79. The summed E-state index contributed by atoms with van der Waals surface area (Å²) < 4.78 is 22.9. The van der Waals surface area contributed by atoms with Gasteiger partial charge >= 0.3 is 0 Å². The topological polar surface area (TPSA) is 228 Å². The number of nitrogens with one attached hydrogen (secondary N) is 1. The van der Waals surface area contributed by atoms with Crippen LogP contribution in [0.2, 0.25) is 0 Å². The maximum absolute atomic E-state index is 13.4. The number of hydrogen-bond donors (Lipinski definition) is 9. The van der Waals surface area contributed by atoms with Crippen molar-refractivity contribution in [2.45, 2.75) is 466 Å². The van der Waals surface area contributed by atoms with Crippen molar-refractivity contribution in [3.8, 4) is 0 Å². The molecule has 12 unspecified atom stereocenters. The minimum absolute atomic E-state index is 0.229. The van der Waals surface area contributed by atoms with E-state index >= 15 is 0 Å². The standard InChI is InChI=1S/C79H153NO13/c1-3-5-7-9-11-13-15-17-19-21-23-25-27-29-31-32-33-34-35-36-37-39-41-43-45-47-49-51-53-55-57-59-61-63-71(84)80-67(66-90-78-76(89)74(87)77(70(65-82)92-78)93-79-75(88)73(86)72(85)69(64-81)91-79)68(83)62-60-58-56-54-52-50-48-46-44-42-40-38-30-28-26-24-22-20-18-16-14-12-10-8-6-4-2/h60,62,67-70,72-79,81-83,85-89H,3-59,61,63-66H2,1-2H3,(H,80,84)/b62-60+. The van der Waals surface area contributed by atoms with Crippen LogP contribution < -0.4 is 5.32 Å². The molecule has 0 aliphatic carbocycles. The minimum Gasteiger partial charge on any atom is -0.394 e. The molecule has 12 atom stereocenters. The molecule has 2 aliphatic heterocycles. The number of rotatable bonds is 69. The Morgan fingerprint density at radius 2 is 0.667 bits per heavy atom. The maximum atomic E-state index is 13.4. The van der Waals surface area contributed by atoms with Gasteiger partial charge in [-0.2, -0.15) is 0 Å². The number of carbonyl (C=O) groups is 1. The molecule has 0 aromatic heterocycles. The molecule has 0 bridgehead atoms. The number of aliphatic hydroxyl groups excluding tert-OH is 8. The van der Waals surface area contributed by atoms with Crippen molar-refractivity contribution in [2.75, 3.05) is 19.8 Å². The molecule has 0 aromatic carbocycles. The van der Waals surface area contributed by atoms with Crippen LogP contribution in [0.5, 0.6) is 0 Å². The highest BCUT2D eigenvalue weighted by Crippen LogP contribution is 2.30. The number of unbranched alkanes of at least 4 members (excludes halogenated alkanes) is 56. The largest absolute Gasteiger partial charge is 0.394 e. The van der Waals surface area contributed by atoms with E-state index in [4.69, 9.17) is 18.9 Å². The molecule has 14 heteroatoms. The monoisotopic (exact) mass is 1320 g/mol. The van der Waals surface area contributed by atoms with Crippen LogP contribution in [-0.2, 0) is 23.7 Å². The quantitative estimate of drug-likeness (QED) is 0.0204. The van der Waals surface area contributed by atoms with E-state index in [-0.39, 0.29) is 18.9 Å². The molecule has 2 rings (SSSR count). The van der Waals surface area contributed by atoms with Crippen LogP contribution >= 0.6 is 0 Å². The lowest BCUT2D eigenvalue weighted by atomic mass is 9.97. The van der Waals surface area contributed by atoms with E-state index in [0.29, 0.717) is 0 Å². The Bertz CT molecular complexity index is 1610. The van der Waals surface area contributed by atoms with Gasteiger partial charge in [-0.25, -0.2) is 0 Å². The first-order valence-electron chi connectivity index (χ1n) is 40.4. The zero-order valence-corrected chi connectivity index (χ0v) is 60.5. The molecule has 0 saturated carbocycles. The SMILES string of the molecule is CCCCCCCCCCCCCCCCCCCCCCCCCC/C=C/C(O)C(COC1OC(CO)C(OC2OC(CO)C(O)C(O)C2O)C(O)C1O)NC(=O)CCCCCCCCCCCCCCCCCCCCCCCCCCCCCCCCCCC. The van der Waals surface area contributed by atoms with Gasteiger partial charge in [0.05, 0.1) is 32.0 Å². The van der Waals surface area contributed by atoms with Crippen molar-refractivity contribution in [1.29, 1.82) is 0 Å². The highest BCUT2D eigenvalue weighted by Gasteiger charge is 2.51. The Kier molecular flexibility index (Phi) is 60.6. The predicted octanol–water partition coefficient (Wildman–Crippen LogP) is 18.1. The number of carbonyl (C=O) groups excluding carboxylic acids is 1. The molecule has 2 saturated heterocycles. The normalized spacial score (nSPS) is 22.5. The van der Waals surface area contributed by atoms with Gasteiger partial charge in [0, 0.05) is 6.42 Å².